The highest BCUT2D eigenvalue weighted by molar-refractivity contribution is 7.09. The fraction of sp³-hybridized carbons (Fsp3) is 0.792. The molecule has 33 heavy (non-hydrogen) atoms. The third-order valence-electron chi connectivity index (χ3n) is 8.65. The minimum Gasteiger partial charge on any atom is -0.348 e. The number of nitrogens with zero attached hydrogens (tertiary/aromatic N) is 5. The van der Waals surface area contributed by atoms with E-state index < -0.39 is 0 Å². The molecule has 0 unspecified atom stereocenters. The van der Waals surface area contributed by atoms with Crippen LogP contribution in [0.5, 0.6) is 0 Å². The van der Waals surface area contributed by atoms with E-state index >= 15 is 0 Å². The van der Waals surface area contributed by atoms with Gasteiger partial charge in [-0.05, 0) is 66.2 Å². The van der Waals surface area contributed by atoms with E-state index in [-0.39, 0.29) is 29.4 Å². The number of likely N-dealkylation sites (tertiary alicyclic amines) is 2. The predicted molar refractivity (Wildman–Crippen MR) is 129 cm³/mol. The van der Waals surface area contributed by atoms with Gasteiger partial charge in [0, 0.05) is 43.1 Å². The first-order valence-electron chi connectivity index (χ1n) is 12.5. The summed E-state index contributed by atoms with van der Waals surface area (Å²) in [5, 5.41) is 3.37. The van der Waals surface area contributed by atoms with Crippen LogP contribution >= 0.6 is 11.3 Å². The molecular weight excluding hydrogens is 436 g/mol. The number of rotatable bonds is 4. The fourth-order valence-corrected chi connectivity index (χ4v) is 7.05. The summed E-state index contributed by atoms with van der Waals surface area (Å²) in [6, 6.07) is 0.510. The molecule has 0 bridgehead atoms. The van der Waals surface area contributed by atoms with Crippen molar-refractivity contribution in [2.75, 3.05) is 46.8 Å². The Labute approximate surface area is 201 Å². The third-order valence-corrected chi connectivity index (χ3v) is 9.57. The van der Waals surface area contributed by atoms with Crippen LogP contribution in [0.3, 0.4) is 0 Å². The molecule has 0 aromatic carbocycles. The number of piperidine rings is 2. The van der Waals surface area contributed by atoms with Crippen molar-refractivity contribution in [2.45, 2.75) is 75.7 Å². The second kappa shape index (κ2) is 9.24. The molecule has 1 aromatic rings. The molecule has 0 saturated carbocycles. The molecule has 5 heterocycles. The lowest BCUT2D eigenvalue weighted by molar-refractivity contribution is -0.135. The van der Waals surface area contributed by atoms with E-state index in [0.29, 0.717) is 19.0 Å². The number of hydrogen-bond donors (Lipinski definition) is 1. The standard InChI is InChI=1S/C24H38N6O2S/c1-17-21(33-16-25-17)15-29-10-6-24(7-11-29)13-22(31)30-14-19(12-20(30)23(32)26-24)28(3)18-4-8-27(2)9-5-18/h16,18-20H,4-15H2,1-3H3,(H,26,32)/t19-,20-/m0/s1. The lowest BCUT2D eigenvalue weighted by Crippen LogP contribution is -2.56. The van der Waals surface area contributed by atoms with Gasteiger partial charge in [0.25, 0.3) is 0 Å². The topological polar surface area (TPSA) is 72.0 Å². The molecule has 2 amide bonds. The van der Waals surface area contributed by atoms with Gasteiger partial charge in [0.15, 0.2) is 0 Å². The molecule has 5 rings (SSSR count). The third kappa shape index (κ3) is 4.70. The molecule has 4 aliphatic heterocycles. The Kier molecular flexibility index (Phi) is 6.50. The molecule has 1 spiro atoms. The van der Waals surface area contributed by atoms with E-state index in [9.17, 15) is 9.59 Å². The zero-order valence-corrected chi connectivity index (χ0v) is 21.1. The molecule has 0 aliphatic carbocycles. The zero-order chi connectivity index (χ0) is 23.2. The first-order chi connectivity index (χ1) is 15.8. The van der Waals surface area contributed by atoms with E-state index in [1.807, 2.05) is 10.4 Å². The maximum Gasteiger partial charge on any atom is 0.243 e. The lowest BCUT2D eigenvalue weighted by Gasteiger charge is -2.41. The van der Waals surface area contributed by atoms with Crippen molar-refractivity contribution in [1.29, 1.82) is 0 Å². The Bertz CT molecular complexity index is 846. The first kappa shape index (κ1) is 23.2. The van der Waals surface area contributed by atoms with Gasteiger partial charge in [0.2, 0.25) is 11.8 Å². The SMILES string of the molecule is Cc1ncsc1CN1CCC2(CC1)CC(=O)N1C[C@@H](N(C)C3CCN(C)CC3)C[C@H]1C(=O)N2. The largest absolute Gasteiger partial charge is 0.348 e. The average Bonchev–Trinajstić information content (AvgIpc) is 3.40. The Morgan fingerprint density at radius 2 is 1.91 bits per heavy atom. The summed E-state index contributed by atoms with van der Waals surface area (Å²) in [6.07, 6.45) is 5.19. The Morgan fingerprint density at radius 1 is 1.18 bits per heavy atom. The number of nitrogens with one attached hydrogen (secondary N) is 1. The second-order valence-electron chi connectivity index (χ2n) is 10.7. The highest BCUT2D eigenvalue weighted by Crippen LogP contribution is 2.34. The fourth-order valence-electron chi connectivity index (χ4n) is 6.24. The van der Waals surface area contributed by atoms with E-state index in [4.69, 9.17) is 0 Å². The van der Waals surface area contributed by atoms with Crippen molar-refractivity contribution in [1.82, 2.24) is 29.9 Å². The molecule has 182 valence electrons. The zero-order valence-electron chi connectivity index (χ0n) is 20.3. The number of carbonyl (C=O) groups is 2. The van der Waals surface area contributed by atoms with Gasteiger partial charge >= 0.3 is 0 Å². The summed E-state index contributed by atoms with van der Waals surface area (Å²) < 4.78 is 0. The van der Waals surface area contributed by atoms with Crippen molar-refractivity contribution < 1.29 is 9.59 Å². The normalized spacial score (nSPS) is 29.5. The summed E-state index contributed by atoms with van der Waals surface area (Å²) in [5.74, 6) is 0.219. The van der Waals surface area contributed by atoms with Crippen LogP contribution < -0.4 is 5.32 Å². The number of hydrogen-bond acceptors (Lipinski definition) is 7. The summed E-state index contributed by atoms with van der Waals surface area (Å²) in [7, 11) is 4.37. The number of thiazole rings is 1. The Morgan fingerprint density at radius 3 is 2.58 bits per heavy atom. The smallest absolute Gasteiger partial charge is 0.243 e. The number of aryl methyl sites for hydroxylation is 1. The number of amides is 2. The minimum atomic E-state index is -0.382. The number of carbonyl (C=O) groups excluding carboxylic acids is 2. The summed E-state index contributed by atoms with van der Waals surface area (Å²) in [4.78, 5) is 41.5. The van der Waals surface area contributed by atoms with Crippen LogP contribution in [0.2, 0.25) is 0 Å². The van der Waals surface area contributed by atoms with Gasteiger partial charge in [-0.15, -0.1) is 11.3 Å². The van der Waals surface area contributed by atoms with Crippen LogP contribution in [0.15, 0.2) is 5.51 Å². The summed E-state index contributed by atoms with van der Waals surface area (Å²) in [6.45, 7) is 7.70. The van der Waals surface area contributed by atoms with E-state index in [2.05, 4.69) is 46.0 Å². The molecule has 9 heteroatoms. The van der Waals surface area contributed by atoms with Crippen LogP contribution in [-0.4, -0.2) is 107 Å². The monoisotopic (exact) mass is 474 g/mol. The van der Waals surface area contributed by atoms with Crippen LogP contribution in [-0.2, 0) is 16.1 Å². The van der Waals surface area contributed by atoms with E-state index in [0.717, 1.165) is 70.5 Å². The predicted octanol–water partition coefficient (Wildman–Crippen LogP) is 1.30. The molecule has 4 fully saturated rings. The van der Waals surface area contributed by atoms with Gasteiger partial charge in [-0.3, -0.25) is 19.4 Å². The molecule has 0 radical (unpaired) electrons. The van der Waals surface area contributed by atoms with Crippen molar-refractivity contribution in [3.05, 3.63) is 16.1 Å². The van der Waals surface area contributed by atoms with Crippen LogP contribution in [0.1, 0.15) is 49.1 Å². The number of aromatic nitrogens is 1. The first-order valence-corrected chi connectivity index (χ1v) is 13.3. The minimum absolute atomic E-state index is 0.0619. The van der Waals surface area contributed by atoms with Gasteiger partial charge in [0.1, 0.15) is 6.04 Å². The van der Waals surface area contributed by atoms with Crippen LogP contribution in [0.4, 0.5) is 0 Å². The quantitative estimate of drug-likeness (QED) is 0.709. The summed E-state index contributed by atoms with van der Waals surface area (Å²) >= 11 is 1.71. The lowest BCUT2D eigenvalue weighted by atomic mass is 9.84. The highest BCUT2D eigenvalue weighted by Gasteiger charge is 2.49. The molecule has 1 N–H and O–H groups in total. The van der Waals surface area contributed by atoms with Gasteiger partial charge in [-0.1, -0.05) is 0 Å². The van der Waals surface area contributed by atoms with Gasteiger partial charge in [-0.2, -0.15) is 0 Å². The maximum atomic E-state index is 13.4. The molecule has 8 nitrogen and oxygen atoms in total. The molecule has 2 atom stereocenters. The molecule has 4 saturated heterocycles. The van der Waals surface area contributed by atoms with Crippen molar-refractivity contribution in [3.63, 3.8) is 0 Å². The Balaban J connectivity index is 1.20. The second-order valence-corrected chi connectivity index (χ2v) is 11.7. The van der Waals surface area contributed by atoms with Gasteiger partial charge < -0.3 is 15.1 Å². The molecule has 1 aromatic heterocycles. The van der Waals surface area contributed by atoms with Gasteiger partial charge in [-0.25, -0.2) is 4.98 Å². The van der Waals surface area contributed by atoms with Crippen LogP contribution in [0.25, 0.3) is 0 Å². The van der Waals surface area contributed by atoms with Gasteiger partial charge in [0.05, 0.1) is 23.2 Å². The average molecular weight is 475 g/mol. The summed E-state index contributed by atoms with van der Waals surface area (Å²) in [5.41, 5.74) is 2.64. The molecule has 4 aliphatic rings. The van der Waals surface area contributed by atoms with Crippen molar-refractivity contribution >= 4 is 23.2 Å². The van der Waals surface area contributed by atoms with Crippen molar-refractivity contribution in [2.24, 2.45) is 0 Å². The maximum absolute atomic E-state index is 13.4. The molecular formula is C24H38N6O2S. The number of fused-ring (bicyclic) bond motifs is 1. The highest BCUT2D eigenvalue weighted by atomic mass is 32.1. The van der Waals surface area contributed by atoms with Crippen LogP contribution in [0, 0.1) is 6.92 Å². The Hall–Kier alpha value is -1.55. The van der Waals surface area contributed by atoms with E-state index in [1.54, 1.807) is 11.3 Å². The number of likely N-dealkylation sites (N-methyl/N-ethyl adjacent to an activating group) is 1. The van der Waals surface area contributed by atoms with E-state index in [1.165, 1.54) is 4.88 Å². The van der Waals surface area contributed by atoms with Crippen molar-refractivity contribution in [3.8, 4) is 0 Å².